The second-order valence-electron chi connectivity index (χ2n) is 8.93. The minimum absolute atomic E-state index is 0.0470. The zero-order valence-electron chi connectivity index (χ0n) is 18.6. The van der Waals surface area contributed by atoms with Crippen LogP contribution in [0.5, 0.6) is 0 Å². The maximum Gasteiger partial charge on any atom is 0.254 e. The van der Waals surface area contributed by atoms with Gasteiger partial charge >= 0.3 is 0 Å². The highest BCUT2D eigenvalue weighted by Gasteiger charge is 2.54. The zero-order chi connectivity index (χ0) is 22.7. The third kappa shape index (κ3) is 3.90. The first kappa shape index (κ1) is 22.1. The first-order valence-corrected chi connectivity index (χ1v) is 11.6. The number of carbonyl (C=O) groups is 3. The summed E-state index contributed by atoms with van der Waals surface area (Å²) in [6.45, 7) is 2.79. The molecule has 6 heteroatoms. The summed E-state index contributed by atoms with van der Waals surface area (Å²) in [5, 5.41) is 3.05. The highest BCUT2D eigenvalue weighted by molar-refractivity contribution is 6.05. The molecule has 3 amide bonds. The third-order valence-corrected chi connectivity index (χ3v) is 6.98. The Labute approximate surface area is 189 Å². The van der Waals surface area contributed by atoms with Crippen molar-refractivity contribution in [2.75, 3.05) is 11.9 Å². The minimum Gasteiger partial charge on any atom is -0.366 e. The van der Waals surface area contributed by atoms with Gasteiger partial charge in [0.2, 0.25) is 11.8 Å². The smallest absolute Gasteiger partial charge is 0.254 e. The van der Waals surface area contributed by atoms with Gasteiger partial charge in [0, 0.05) is 23.4 Å². The quantitative estimate of drug-likeness (QED) is 0.704. The summed E-state index contributed by atoms with van der Waals surface area (Å²) in [5.41, 5.74) is 7.28. The van der Waals surface area contributed by atoms with Crippen molar-refractivity contribution in [2.24, 2.45) is 5.73 Å². The van der Waals surface area contributed by atoms with Crippen molar-refractivity contribution in [3.8, 4) is 0 Å². The topological polar surface area (TPSA) is 92.5 Å². The Morgan fingerprint density at radius 3 is 2.41 bits per heavy atom. The average Bonchev–Trinajstić information content (AvgIpc) is 2.80. The van der Waals surface area contributed by atoms with E-state index in [4.69, 9.17) is 5.73 Å². The molecule has 32 heavy (non-hydrogen) atoms. The van der Waals surface area contributed by atoms with E-state index in [2.05, 4.69) is 12.2 Å². The van der Waals surface area contributed by atoms with Gasteiger partial charge in [-0.3, -0.25) is 14.4 Å². The van der Waals surface area contributed by atoms with E-state index < -0.39 is 17.4 Å². The van der Waals surface area contributed by atoms with Crippen LogP contribution in [0.3, 0.4) is 0 Å². The molecule has 168 valence electrons. The molecule has 1 heterocycles. The first-order valence-electron chi connectivity index (χ1n) is 11.6. The Morgan fingerprint density at radius 2 is 1.75 bits per heavy atom. The Bertz CT molecular complexity index is 1010. The van der Waals surface area contributed by atoms with Crippen molar-refractivity contribution in [3.05, 3.63) is 65.2 Å². The van der Waals surface area contributed by atoms with E-state index in [1.54, 1.807) is 24.3 Å². The van der Waals surface area contributed by atoms with E-state index in [0.29, 0.717) is 23.4 Å². The number of amides is 3. The van der Waals surface area contributed by atoms with Crippen LogP contribution in [0.2, 0.25) is 0 Å². The molecule has 1 aliphatic carbocycles. The first-order chi connectivity index (χ1) is 15.5. The molecule has 2 aromatic rings. The monoisotopic (exact) mass is 433 g/mol. The van der Waals surface area contributed by atoms with Crippen molar-refractivity contribution in [1.82, 2.24) is 4.90 Å². The van der Waals surface area contributed by atoms with Gasteiger partial charge in [-0.25, -0.2) is 0 Å². The van der Waals surface area contributed by atoms with Crippen LogP contribution < -0.4 is 11.1 Å². The molecule has 1 aliphatic heterocycles. The van der Waals surface area contributed by atoms with E-state index >= 15 is 0 Å². The second kappa shape index (κ2) is 9.15. The molecule has 0 radical (unpaired) electrons. The van der Waals surface area contributed by atoms with Crippen molar-refractivity contribution in [2.45, 2.75) is 63.3 Å². The molecule has 0 aromatic heterocycles. The molecule has 4 rings (SSSR count). The van der Waals surface area contributed by atoms with Crippen LogP contribution in [-0.4, -0.2) is 34.7 Å². The van der Waals surface area contributed by atoms with Crippen molar-refractivity contribution >= 4 is 23.4 Å². The minimum atomic E-state index is -0.504. The van der Waals surface area contributed by atoms with Crippen LogP contribution in [-0.2, 0) is 4.79 Å². The van der Waals surface area contributed by atoms with Crippen molar-refractivity contribution in [3.63, 3.8) is 0 Å². The number of hydrogen-bond acceptors (Lipinski definition) is 3. The third-order valence-electron chi connectivity index (χ3n) is 6.98. The lowest BCUT2D eigenvalue weighted by Gasteiger charge is -2.53. The predicted octanol–water partition coefficient (Wildman–Crippen LogP) is 4.47. The fourth-order valence-electron chi connectivity index (χ4n) is 5.42. The van der Waals surface area contributed by atoms with Gasteiger partial charge in [0.25, 0.3) is 5.91 Å². The lowest BCUT2D eigenvalue weighted by molar-refractivity contribution is -0.122. The van der Waals surface area contributed by atoms with Gasteiger partial charge in [-0.2, -0.15) is 0 Å². The number of carbonyl (C=O) groups excluding carboxylic acids is 3. The second-order valence-corrected chi connectivity index (χ2v) is 8.93. The van der Waals surface area contributed by atoms with Crippen LogP contribution in [0.15, 0.2) is 48.5 Å². The number of nitrogens with one attached hydrogen (secondary N) is 1. The molecule has 0 unspecified atom stereocenters. The average molecular weight is 434 g/mol. The standard InChI is InChI=1S/C26H31N3O3/c1-2-3-17-29-25(32)21-10-6-5-9-20(21)22(26(29)15-7-4-8-16-26)24(31)28-19-13-11-18(12-14-19)23(27)30/h5-6,9-14,22H,2-4,7-8,15-17H2,1H3,(H2,27,30)(H,28,31)/t22-/m0/s1. The Hall–Kier alpha value is -3.15. The summed E-state index contributed by atoms with van der Waals surface area (Å²) >= 11 is 0. The van der Waals surface area contributed by atoms with Gasteiger partial charge in [-0.05, 0) is 55.2 Å². The Morgan fingerprint density at radius 1 is 1.06 bits per heavy atom. The molecule has 0 saturated heterocycles. The molecule has 1 spiro atoms. The number of primary amides is 1. The summed E-state index contributed by atoms with van der Waals surface area (Å²) in [5.74, 6) is -1.01. The molecule has 1 fully saturated rings. The molecular formula is C26H31N3O3. The largest absolute Gasteiger partial charge is 0.366 e. The van der Waals surface area contributed by atoms with E-state index in [9.17, 15) is 14.4 Å². The number of nitrogens with two attached hydrogens (primary N) is 1. The summed E-state index contributed by atoms with van der Waals surface area (Å²) in [6, 6.07) is 14.2. The summed E-state index contributed by atoms with van der Waals surface area (Å²) in [7, 11) is 0. The zero-order valence-corrected chi connectivity index (χ0v) is 18.6. The summed E-state index contributed by atoms with van der Waals surface area (Å²) in [6.07, 6.45) is 6.71. The van der Waals surface area contributed by atoms with Crippen LogP contribution >= 0.6 is 0 Å². The molecule has 2 aromatic carbocycles. The summed E-state index contributed by atoms with van der Waals surface area (Å²) in [4.78, 5) is 40.8. The van der Waals surface area contributed by atoms with Gasteiger partial charge in [0.1, 0.15) is 0 Å². The fraction of sp³-hybridized carbons (Fsp3) is 0.423. The molecule has 2 aliphatic rings. The summed E-state index contributed by atoms with van der Waals surface area (Å²) < 4.78 is 0. The van der Waals surface area contributed by atoms with Gasteiger partial charge in [-0.15, -0.1) is 0 Å². The van der Waals surface area contributed by atoms with Crippen molar-refractivity contribution in [1.29, 1.82) is 0 Å². The number of rotatable bonds is 6. The maximum absolute atomic E-state index is 13.8. The lowest BCUT2D eigenvalue weighted by Crippen LogP contribution is -2.62. The van der Waals surface area contributed by atoms with Crippen LogP contribution in [0, 0.1) is 0 Å². The molecular weight excluding hydrogens is 402 g/mol. The Kier molecular flexibility index (Phi) is 6.31. The molecule has 0 bridgehead atoms. The SMILES string of the molecule is CCCCN1C(=O)c2ccccc2[C@@H](C(=O)Nc2ccc(C(N)=O)cc2)C12CCCCC2. The van der Waals surface area contributed by atoms with Gasteiger partial charge in [0.05, 0.1) is 11.5 Å². The molecule has 1 atom stereocenters. The van der Waals surface area contributed by atoms with Crippen LogP contribution in [0.25, 0.3) is 0 Å². The van der Waals surface area contributed by atoms with Crippen LogP contribution in [0.1, 0.15) is 84.1 Å². The molecule has 3 N–H and O–H groups in total. The predicted molar refractivity (Wildman–Crippen MR) is 125 cm³/mol. The van der Waals surface area contributed by atoms with E-state index in [1.807, 2.05) is 29.2 Å². The van der Waals surface area contributed by atoms with Crippen LogP contribution in [0.4, 0.5) is 5.69 Å². The van der Waals surface area contributed by atoms with E-state index in [0.717, 1.165) is 50.5 Å². The highest BCUT2D eigenvalue weighted by atomic mass is 16.2. The fourth-order valence-corrected chi connectivity index (χ4v) is 5.42. The van der Waals surface area contributed by atoms with Gasteiger partial charge in [-0.1, -0.05) is 50.8 Å². The number of hydrogen-bond donors (Lipinski definition) is 2. The maximum atomic E-state index is 13.8. The lowest BCUT2D eigenvalue weighted by atomic mass is 9.65. The normalized spacial score (nSPS) is 19.5. The number of anilines is 1. The van der Waals surface area contributed by atoms with Gasteiger partial charge in [0.15, 0.2) is 0 Å². The number of unbranched alkanes of at least 4 members (excludes halogenated alkanes) is 1. The highest BCUT2D eigenvalue weighted by Crippen LogP contribution is 2.49. The van der Waals surface area contributed by atoms with E-state index in [1.165, 1.54) is 0 Å². The number of nitrogens with zero attached hydrogens (tertiary/aromatic N) is 1. The van der Waals surface area contributed by atoms with Crippen molar-refractivity contribution < 1.29 is 14.4 Å². The van der Waals surface area contributed by atoms with E-state index in [-0.39, 0.29) is 11.8 Å². The Balaban J connectivity index is 1.75. The number of benzene rings is 2. The number of fused-ring (bicyclic) bond motifs is 1. The molecule has 1 saturated carbocycles. The van der Waals surface area contributed by atoms with Gasteiger partial charge < -0.3 is 16.0 Å². The molecule has 6 nitrogen and oxygen atoms in total.